The highest BCUT2D eigenvalue weighted by Crippen LogP contribution is 2.53. The first-order valence-corrected chi connectivity index (χ1v) is 11.8. The molecule has 0 atom stereocenters. The zero-order valence-electron chi connectivity index (χ0n) is 20.1. The highest BCUT2D eigenvalue weighted by Gasteiger charge is 2.32. The molecule has 0 spiro atoms. The van der Waals surface area contributed by atoms with E-state index in [9.17, 15) is 0 Å². The van der Waals surface area contributed by atoms with Crippen molar-refractivity contribution in [2.24, 2.45) is 0 Å². The average Bonchev–Trinajstić information content (AvgIpc) is 3.31. The fourth-order valence-electron chi connectivity index (χ4n) is 4.57. The van der Waals surface area contributed by atoms with E-state index in [4.69, 9.17) is 10.2 Å². The second-order valence-corrected chi connectivity index (χ2v) is 10.1. The molecular formula is C32H30O2. The quantitative estimate of drug-likeness (QED) is 0.281. The van der Waals surface area contributed by atoms with Crippen LogP contribution in [0.4, 0.5) is 0 Å². The van der Waals surface area contributed by atoms with Crippen LogP contribution in [0.15, 0.2) is 97.1 Å². The van der Waals surface area contributed by atoms with Crippen molar-refractivity contribution in [1.82, 2.24) is 0 Å². The van der Waals surface area contributed by atoms with Crippen molar-refractivity contribution in [3.8, 4) is 22.3 Å². The average molecular weight is 447 g/mol. The molecule has 2 aliphatic carbocycles. The van der Waals surface area contributed by atoms with Crippen LogP contribution < -0.4 is 0 Å². The SMILES string of the molecule is CC(C)(O)C(C)(C)O.c1ccc2c(c1)C(=C1c3ccccc3-c3ccccc31)c1ccccc1-2. The van der Waals surface area contributed by atoms with Crippen molar-refractivity contribution < 1.29 is 10.2 Å². The predicted molar refractivity (Wildman–Crippen MR) is 141 cm³/mol. The van der Waals surface area contributed by atoms with E-state index in [0.29, 0.717) is 0 Å². The van der Waals surface area contributed by atoms with E-state index < -0.39 is 11.2 Å². The smallest absolute Gasteiger partial charge is 0.0872 e. The van der Waals surface area contributed by atoms with Crippen LogP contribution in [0.3, 0.4) is 0 Å². The molecule has 0 bridgehead atoms. The fraction of sp³-hybridized carbons (Fsp3) is 0.188. The molecule has 0 radical (unpaired) electrons. The van der Waals surface area contributed by atoms with Gasteiger partial charge in [-0.15, -0.1) is 0 Å². The second-order valence-electron chi connectivity index (χ2n) is 10.1. The highest BCUT2D eigenvalue weighted by molar-refractivity contribution is 6.18. The Hall–Kier alpha value is -3.46. The first-order valence-electron chi connectivity index (χ1n) is 11.8. The molecule has 0 aromatic heterocycles. The Kier molecular flexibility index (Phi) is 5.31. The summed E-state index contributed by atoms with van der Waals surface area (Å²) in [6.07, 6.45) is 0. The summed E-state index contributed by atoms with van der Waals surface area (Å²) in [4.78, 5) is 0. The zero-order valence-corrected chi connectivity index (χ0v) is 20.1. The normalized spacial score (nSPS) is 13.5. The number of hydrogen-bond donors (Lipinski definition) is 2. The molecule has 0 heterocycles. The molecule has 2 nitrogen and oxygen atoms in total. The topological polar surface area (TPSA) is 40.5 Å². The van der Waals surface area contributed by atoms with E-state index in [0.717, 1.165) is 0 Å². The number of hydrogen-bond acceptors (Lipinski definition) is 2. The molecular weight excluding hydrogens is 416 g/mol. The van der Waals surface area contributed by atoms with Crippen molar-refractivity contribution >= 4 is 11.1 Å². The van der Waals surface area contributed by atoms with Crippen molar-refractivity contribution in [1.29, 1.82) is 0 Å². The molecule has 6 rings (SSSR count). The molecule has 2 heteroatoms. The van der Waals surface area contributed by atoms with Gasteiger partial charge < -0.3 is 10.2 Å². The van der Waals surface area contributed by atoms with E-state index in [1.165, 1.54) is 55.7 Å². The third-order valence-electron chi connectivity index (χ3n) is 7.11. The van der Waals surface area contributed by atoms with E-state index in [1.54, 1.807) is 27.7 Å². The van der Waals surface area contributed by atoms with Gasteiger partial charge >= 0.3 is 0 Å². The Morgan fingerprint density at radius 2 is 0.529 bits per heavy atom. The van der Waals surface area contributed by atoms with Gasteiger partial charge in [-0.05, 0) is 83.3 Å². The minimum atomic E-state index is -1.01. The van der Waals surface area contributed by atoms with E-state index >= 15 is 0 Å². The van der Waals surface area contributed by atoms with Crippen LogP contribution in [0, 0.1) is 0 Å². The third kappa shape index (κ3) is 3.60. The Bertz CT molecular complexity index is 1210. The molecule has 0 fully saturated rings. The van der Waals surface area contributed by atoms with Gasteiger partial charge in [-0.25, -0.2) is 0 Å². The van der Waals surface area contributed by atoms with E-state index in [2.05, 4.69) is 97.1 Å². The minimum Gasteiger partial charge on any atom is -0.387 e. The lowest BCUT2D eigenvalue weighted by atomic mass is 9.90. The first-order chi connectivity index (χ1) is 16.2. The van der Waals surface area contributed by atoms with Crippen LogP contribution in [-0.4, -0.2) is 21.4 Å². The van der Waals surface area contributed by atoms with Gasteiger partial charge in [-0.3, -0.25) is 0 Å². The Morgan fingerprint density at radius 1 is 0.353 bits per heavy atom. The van der Waals surface area contributed by atoms with Gasteiger partial charge in [0, 0.05) is 0 Å². The maximum Gasteiger partial charge on any atom is 0.0872 e. The summed E-state index contributed by atoms with van der Waals surface area (Å²) in [5.41, 5.74) is 11.5. The monoisotopic (exact) mass is 446 g/mol. The summed E-state index contributed by atoms with van der Waals surface area (Å²) in [5.74, 6) is 0. The Labute approximate surface area is 201 Å². The summed E-state index contributed by atoms with van der Waals surface area (Å²) < 4.78 is 0. The van der Waals surface area contributed by atoms with Gasteiger partial charge in [0.25, 0.3) is 0 Å². The van der Waals surface area contributed by atoms with Crippen LogP contribution in [-0.2, 0) is 0 Å². The maximum atomic E-state index is 9.10. The summed E-state index contributed by atoms with van der Waals surface area (Å²) in [7, 11) is 0. The molecule has 34 heavy (non-hydrogen) atoms. The predicted octanol–water partition coefficient (Wildman–Crippen LogP) is 7.18. The summed E-state index contributed by atoms with van der Waals surface area (Å²) in [5, 5.41) is 18.2. The van der Waals surface area contributed by atoms with Crippen LogP contribution in [0.1, 0.15) is 49.9 Å². The number of rotatable bonds is 1. The number of aliphatic hydroxyl groups is 2. The standard InChI is InChI=1S/C26H16.C6H14O2/c1-5-13-21-17(9-1)18-10-2-6-14-22(18)25(21)26-23-15-7-3-11-19(23)20-12-4-8-16-24(20)26;1-5(2,7)6(3,4)8/h1-16H;7-8H,1-4H3. The highest BCUT2D eigenvalue weighted by atomic mass is 16.3. The molecule has 4 aromatic rings. The molecule has 0 unspecified atom stereocenters. The molecule has 2 N–H and O–H groups in total. The molecule has 0 saturated carbocycles. The first kappa shape index (κ1) is 22.3. The van der Waals surface area contributed by atoms with Crippen molar-refractivity contribution in [2.45, 2.75) is 38.9 Å². The van der Waals surface area contributed by atoms with Crippen molar-refractivity contribution in [2.75, 3.05) is 0 Å². The maximum absolute atomic E-state index is 9.10. The lowest BCUT2D eigenvalue weighted by Crippen LogP contribution is -2.44. The third-order valence-corrected chi connectivity index (χ3v) is 7.11. The molecule has 0 amide bonds. The largest absolute Gasteiger partial charge is 0.387 e. The molecule has 0 aliphatic heterocycles. The lowest BCUT2D eigenvalue weighted by molar-refractivity contribution is -0.107. The van der Waals surface area contributed by atoms with Gasteiger partial charge in [0.2, 0.25) is 0 Å². The summed E-state index contributed by atoms with van der Waals surface area (Å²) in [6.45, 7) is 6.31. The van der Waals surface area contributed by atoms with Crippen molar-refractivity contribution in [3.05, 3.63) is 119 Å². The van der Waals surface area contributed by atoms with E-state index in [1.807, 2.05) is 0 Å². The summed E-state index contributed by atoms with van der Waals surface area (Å²) >= 11 is 0. The van der Waals surface area contributed by atoms with Gasteiger partial charge in [0.05, 0.1) is 11.2 Å². The van der Waals surface area contributed by atoms with Gasteiger partial charge in [0.15, 0.2) is 0 Å². The van der Waals surface area contributed by atoms with Gasteiger partial charge in [-0.1, -0.05) is 97.1 Å². The molecule has 2 aliphatic rings. The molecule has 170 valence electrons. The lowest BCUT2D eigenvalue weighted by Gasteiger charge is -2.31. The number of benzene rings is 4. The van der Waals surface area contributed by atoms with Gasteiger partial charge in [-0.2, -0.15) is 0 Å². The van der Waals surface area contributed by atoms with Crippen molar-refractivity contribution in [3.63, 3.8) is 0 Å². The Balaban J connectivity index is 0.000000262. The molecule has 0 saturated heterocycles. The number of fused-ring (bicyclic) bond motifs is 6. The van der Waals surface area contributed by atoms with Crippen LogP contribution in [0.25, 0.3) is 33.4 Å². The summed E-state index contributed by atoms with van der Waals surface area (Å²) in [6, 6.07) is 35.2. The molecule has 4 aromatic carbocycles. The van der Waals surface area contributed by atoms with Crippen LogP contribution in [0.5, 0.6) is 0 Å². The van der Waals surface area contributed by atoms with E-state index in [-0.39, 0.29) is 0 Å². The minimum absolute atomic E-state index is 1.01. The Morgan fingerprint density at radius 3 is 0.706 bits per heavy atom. The fourth-order valence-corrected chi connectivity index (χ4v) is 4.57. The van der Waals surface area contributed by atoms with Crippen LogP contribution in [0.2, 0.25) is 0 Å². The van der Waals surface area contributed by atoms with Crippen LogP contribution >= 0.6 is 0 Å². The second kappa shape index (κ2) is 8.09. The zero-order chi connectivity index (χ0) is 24.1. The van der Waals surface area contributed by atoms with Gasteiger partial charge in [0.1, 0.15) is 0 Å².